The van der Waals surface area contributed by atoms with Gasteiger partial charge in [0.25, 0.3) is 5.91 Å². The van der Waals surface area contributed by atoms with E-state index in [0.29, 0.717) is 0 Å². The summed E-state index contributed by atoms with van der Waals surface area (Å²) in [5, 5.41) is 28.8. The number of rotatable bonds is 4. The van der Waals surface area contributed by atoms with E-state index in [-0.39, 0.29) is 23.1 Å². The van der Waals surface area contributed by atoms with Crippen LogP contribution >= 0.6 is 0 Å². The number of aliphatic carboxylic acids is 2. The van der Waals surface area contributed by atoms with Crippen LogP contribution in [0.4, 0.5) is 13.2 Å². The largest absolute Gasteiger partial charge is 0.481 e. The van der Waals surface area contributed by atoms with Gasteiger partial charge in [0.1, 0.15) is 0 Å². The topological polar surface area (TPSA) is 115 Å². The first-order valence-corrected chi connectivity index (χ1v) is 8.76. The van der Waals surface area contributed by atoms with E-state index < -0.39 is 67.4 Å². The maximum absolute atomic E-state index is 12.9. The average molecular weight is 405 g/mol. The fourth-order valence-electron chi connectivity index (χ4n) is 3.70. The lowest BCUT2D eigenvalue weighted by Gasteiger charge is -2.40. The Kier molecular flexibility index (Phi) is 5.66. The molecule has 7 nitrogen and oxygen atoms in total. The number of alkyl halides is 3. The fourth-order valence-corrected chi connectivity index (χ4v) is 3.70. The van der Waals surface area contributed by atoms with Gasteiger partial charge in [0.2, 0.25) is 0 Å². The molecule has 0 spiro atoms. The normalized spacial score (nSPS) is 25.4. The van der Waals surface area contributed by atoms with Crippen LogP contribution in [-0.4, -0.2) is 62.9 Å². The predicted octanol–water partition coefficient (Wildman–Crippen LogP) is 2.11. The molecule has 156 valence electrons. The first-order chi connectivity index (χ1) is 12.8. The Hall–Kier alpha value is -2.36. The lowest BCUT2D eigenvalue weighted by Crippen LogP contribution is -2.54. The summed E-state index contributed by atoms with van der Waals surface area (Å²) < 4.78 is 38.8. The van der Waals surface area contributed by atoms with Crippen molar-refractivity contribution >= 4 is 17.8 Å². The fraction of sp³-hybridized carbons (Fsp3) is 0.611. The molecule has 2 aliphatic rings. The van der Waals surface area contributed by atoms with E-state index >= 15 is 0 Å². The van der Waals surface area contributed by atoms with Crippen molar-refractivity contribution < 1.29 is 42.9 Å². The summed E-state index contributed by atoms with van der Waals surface area (Å²) in [6.07, 6.45) is -5.20. The Morgan fingerprint density at radius 1 is 1.18 bits per heavy atom. The third-order valence-corrected chi connectivity index (χ3v) is 5.62. The molecule has 0 radical (unpaired) electrons. The number of nitrogens with zero attached hydrogens (tertiary/aromatic N) is 1. The van der Waals surface area contributed by atoms with Crippen LogP contribution in [0.3, 0.4) is 0 Å². The molecule has 28 heavy (non-hydrogen) atoms. The molecule has 1 saturated heterocycles. The van der Waals surface area contributed by atoms with E-state index in [1.807, 2.05) is 0 Å². The van der Waals surface area contributed by atoms with Crippen LogP contribution in [0.2, 0.25) is 0 Å². The predicted molar refractivity (Wildman–Crippen MR) is 90.2 cm³/mol. The van der Waals surface area contributed by atoms with Crippen LogP contribution in [0.5, 0.6) is 0 Å². The minimum atomic E-state index is -4.82. The number of carbonyl (C=O) groups excluding carboxylic acids is 1. The third kappa shape index (κ3) is 3.65. The third-order valence-electron chi connectivity index (χ3n) is 5.62. The molecule has 1 unspecified atom stereocenters. The SMILES string of the molecule is CCC1(C(=O)O)C=C(C)C(C(=O)N2CCC(O)(C(F)(F)F)CC2)=C(C(=O)O)C1. The maximum Gasteiger partial charge on any atom is 0.417 e. The summed E-state index contributed by atoms with van der Waals surface area (Å²) >= 11 is 0. The van der Waals surface area contributed by atoms with Crippen molar-refractivity contribution in [2.24, 2.45) is 5.41 Å². The van der Waals surface area contributed by atoms with Crippen molar-refractivity contribution in [3.8, 4) is 0 Å². The molecule has 1 amide bonds. The monoisotopic (exact) mass is 405 g/mol. The van der Waals surface area contributed by atoms with Gasteiger partial charge in [-0.1, -0.05) is 13.0 Å². The van der Waals surface area contributed by atoms with Gasteiger partial charge in [0.15, 0.2) is 5.60 Å². The molecule has 1 aliphatic carbocycles. The molecule has 0 aromatic carbocycles. The molecule has 2 rings (SSSR count). The van der Waals surface area contributed by atoms with Crippen LogP contribution < -0.4 is 0 Å². The zero-order valence-electron chi connectivity index (χ0n) is 15.5. The van der Waals surface area contributed by atoms with Gasteiger partial charge in [0.05, 0.1) is 16.6 Å². The second kappa shape index (κ2) is 7.23. The maximum atomic E-state index is 12.9. The highest BCUT2D eigenvalue weighted by Crippen LogP contribution is 2.42. The Labute approximate surface area is 159 Å². The van der Waals surface area contributed by atoms with Gasteiger partial charge >= 0.3 is 18.1 Å². The van der Waals surface area contributed by atoms with Crippen LogP contribution in [-0.2, 0) is 14.4 Å². The lowest BCUT2D eigenvalue weighted by atomic mass is 9.71. The number of carboxylic acids is 2. The summed E-state index contributed by atoms with van der Waals surface area (Å²) in [7, 11) is 0. The molecule has 0 aromatic heterocycles. The minimum Gasteiger partial charge on any atom is -0.481 e. The standard InChI is InChI=1S/C18H22F3NO6/c1-3-16(15(26)27)8-10(2)12(11(9-16)14(24)25)13(23)22-6-4-17(28,5-7-22)18(19,20)21/h8,28H,3-7,9H2,1-2H3,(H,24,25)(H,26,27). The van der Waals surface area contributed by atoms with Crippen molar-refractivity contribution in [1.82, 2.24) is 4.90 Å². The molecule has 1 heterocycles. The quantitative estimate of drug-likeness (QED) is 0.660. The van der Waals surface area contributed by atoms with Crippen LogP contribution in [0.1, 0.15) is 39.5 Å². The molecule has 0 saturated carbocycles. The number of hydrogen-bond donors (Lipinski definition) is 3. The summed E-state index contributed by atoms with van der Waals surface area (Å²) in [5.74, 6) is -3.43. The van der Waals surface area contributed by atoms with E-state index in [1.54, 1.807) is 6.92 Å². The van der Waals surface area contributed by atoms with E-state index in [1.165, 1.54) is 13.0 Å². The Balaban J connectivity index is 2.34. The van der Waals surface area contributed by atoms with Gasteiger partial charge < -0.3 is 20.2 Å². The van der Waals surface area contributed by atoms with Crippen molar-refractivity contribution in [3.05, 3.63) is 22.8 Å². The zero-order chi connectivity index (χ0) is 21.5. The number of amides is 1. The molecule has 3 N–H and O–H groups in total. The summed E-state index contributed by atoms with van der Waals surface area (Å²) in [6.45, 7) is 2.22. The van der Waals surface area contributed by atoms with Crippen LogP contribution in [0, 0.1) is 5.41 Å². The first-order valence-electron chi connectivity index (χ1n) is 8.76. The lowest BCUT2D eigenvalue weighted by molar-refractivity contribution is -0.271. The molecule has 1 aliphatic heterocycles. The van der Waals surface area contributed by atoms with E-state index in [4.69, 9.17) is 0 Å². The smallest absolute Gasteiger partial charge is 0.417 e. The van der Waals surface area contributed by atoms with E-state index in [0.717, 1.165) is 4.90 Å². The van der Waals surface area contributed by atoms with Gasteiger partial charge in [-0.2, -0.15) is 13.2 Å². The molecular formula is C18H22F3NO6. The molecule has 1 fully saturated rings. The van der Waals surface area contributed by atoms with Crippen molar-refractivity contribution in [2.75, 3.05) is 13.1 Å². The molecule has 1 atom stereocenters. The summed E-state index contributed by atoms with van der Waals surface area (Å²) in [6, 6.07) is 0. The average Bonchev–Trinajstić information content (AvgIpc) is 2.59. The van der Waals surface area contributed by atoms with Crippen molar-refractivity contribution in [3.63, 3.8) is 0 Å². The number of halogens is 3. The van der Waals surface area contributed by atoms with Gasteiger partial charge in [-0.15, -0.1) is 0 Å². The molecule has 0 aromatic rings. The Bertz CT molecular complexity index is 762. The van der Waals surface area contributed by atoms with Crippen LogP contribution in [0.25, 0.3) is 0 Å². The van der Waals surface area contributed by atoms with Gasteiger partial charge in [-0.05, 0) is 25.3 Å². The van der Waals surface area contributed by atoms with E-state index in [9.17, 15) is 42.9 Å². The van der Waals surface area contributed by atoms with Crippen molar-refractivity contribution in [2.45, 2.75) is 51.3 Å². The van der Waals surface area contributed by atoms with Crippen LogP contribution in [0.15, 0.2) is 22.8 Å². The van der Waals surface area contributed by atoms with Gasteiger partial charge in [-0.25, -0.2) is 4.79 Å². The highest BCUT2D eigenvalue weighted by atomic mass is 19.4. The first kappa shape index (κ1) is 21.9. The second-order valence-corrected chi connectivity index (χ2v) is 7.30. The second-order valence-electron chi connectivity index (χ2n) is 7.30. The molecular weight excluding hydrogens is 383 g/mol. The number of aliphatic hydroxyl groups is 1. The van der Waals surface area contributed by atoms with Gasteiger partial charge in [-0.3, -0.25) is 9.59 Å². The van der Waals surface area contributed by atoms with E-state index in [2.05, 4.69) is 0 Å². The van der Waals surface area contributed by atoms with Crippen molar-refractivity contribution in [1.29, 1.82) is 0 Å². The number of piperidine rings is 1. The Morgan fingerprint density at radius 2 is 1.71 bits per heavy atom. The number of carboxylic acid groups (broad SMARTS) is 2. The number of carbonyl (C=O) groups is 3. The highest BCUT2D eigenvalue weighted by Gasteiger charge is 2.55. The molecule has 10 heteroatoms. The highest BCUT2D eigenvalue weighted by molar-refractivity contribution is 6.07. The van der Waals surface area contributed by atoms with Gasteiger partial charge in [0, 0.05) is 25.9 Å². The Morgan fingerprint density at radius 3 is 2.11 bits per heavy atom. The summed E-state index contributed by atoms with van der Waals surface area (Å²) in [5.41, 5.74) is -4.75. The molecule has 0 bridgehead atoms. The number of hydrogen-bond acceptors (Lipinski definition) is 4. The minimum absolute atomic E-state index is 0.111. The zero-order valence-corrected chi connectivity index (χ0v) is 15.5. The summed E-state index contributed by atoms with van der Waals surface area (Å²) in [4.78, 5) is 37.3. The number of likely N-dealkylation sites (tertiary alicyclic amines) is 1.